The number of aliphatic imine (C=N–C) groups is 1. The average molecular weight is 505 g/mol. The SMILES string of the molecule is CCOc1cc(/C=C2/SC(=Nc3ccc(C(=O)OC)cc3)N(CC)C2=O)cc(Br)c1O. The third-order valence-corrected chi connectivity index (χ3v) is 5.98. The van der Waals surface area contributed by atoms with Gasteiger partial charge >= 0.3 is 5.97 Å². The van der Waals surface area contributed by atoms with Crippen LogP contribution in [0.5, 0.6) is 11.5 Å². The van der Waals surface area contributed by atoms with Gasteiger partial charge < -0.3 is 14.6 Å². The van der Waals surface area contributed by atoms with Crippen LogP contribution in [0.15, 0.2) is 50.8 Å². The van der Waals surface area contributed by atoms with Gasteiger partial charge in [-0.25, -0.2) is 9.79 Å². The van der Waals surface area contributed by atoms with Crippen LogP contribution < -0.4 is 4.74 Å². The van der Waals surface area contributed by atoms with E-state index in [1.54, 1.807) is 47.4 Å². The largest absolute Gasteiger partial charge is 0.503 e. The van der Waals surface area contributed by atoms with Gasteiger partial charge in [0.05, 0.1) is 34.3 Å². The second-order valence-corrected chi connectivity index (χ2v) is 8.24. The van der Waals surface area contributed by atoms with E-state index in [-0.39, 0.29) is 11.7 Å². The molecule has 2 aromatic rings. The molecule has 0 saturated carbocycles. The molecule has 0 radical (unpaired) electrons. The standard InChI is InChI=1S/C22H21BrN2O5S/c1-4-25-20(27)18(12-13-10-16(23)19(26)17(11-13)30-5-2)31-22(25)24-15-8-6-14(7-9-15)21(28)29-3/h6-12,26H,4-5H2,1-3H3/b18-12+,24-22?. The fourth-order valence-electron chi connectivity index (χ4n) is 2.86. The maximum absolute atomic E-state index is 12.9. The molecule has 0 bridgehead atoms. The summed E-state index contributed by atoms with van der Waals surface area (Å²) in [5.74, 6) is -0.218. The molecule has 1 amide bonds. The lowest BCUT2D eigenvalue weighted by Gasteiger charge is -2.12. The van der Waals surface area contributed by atoms with Gasteiger partial charge in [-0.1, -0.05) is 0 Å². The van der Waals surface area contributed by atoms with Gasteiger partial charge in [-0.2, -0.15) is 0 Å². The molecule has 1 saturated heterocycles. The number of hydrogen-bond donors (Lipinski definition) is 1. The molecule has 1 aliphatic heterocycles. The molecule has 0 atom stereocenters. The number of phenols is 1. The molecule has 1 fully saturated rings. The molecule has 0 aliphatic carbocycles. The highest BCUT2D eigenvalue weighted by Gasteiger charge is 2.32. The lowest BCUT2D eigenvalue weighted by Crippen LogP contribution is -2.28. The number of amidine groups is 1. The normalized spacial score (nSPS) is 16.3. The molecule has 162 valence electrons. The van der Waals surface area contributed by atoms with E-state index in [1.165, 1.54) is 18.9 Å². The van der Waals surface area contributed by atoms with Crippen LogP contribution in [-0.2, 0) is 9.53 Å². The van der Waals surface area contributed by atoms with E-state index in [4.69, 9.17) is 9.47 Å². The molecule has 31 heavy (non-hydrogen) atoms. The van der Waals surface area contributed by atoms with Crippen LogP contribution in [0.2, 0.25) is 0 Å². The highest BCUT2D eigenvalue weighted by atomic mass is 79.9. The Kier molecular flexibility index (Phi) is 7.40. The molecule has 2 aromatic carbocycles. The fourth-order valence-corrected chi connectivity index (χ4v) is 4.39. The minimum atomic E-state index is -0.420. The van der Waals surface area contributed by atoms with E-state index in [0.29, 0.717) is 50.3 Å². The fraction of sp³-hybridized carbons (Fsp3) is 0.227. The van der Waals surface area contributed by atoms with Gasteiger partial charge in [-0.05, 0) is 89.6 Å². The van der Waals surface area contributed by atoms with Gasteiger partial charge in [0.2, 0.25) is 0 Å². The van der Waals surface area contributed by atoms with Crippen LogP contribution in [0, 0.1) is 0 Å². The van der Waals surface area contributed by atoms with Crippen molar-refractivity contribution in [1.29, 1.82) is 0 Å². The van der Waals surface area contributed by atoms with Gasteiger partial charge in [0.1, 0.15) is 0 Å². The van der Waals surface area contributed by atoms with Crippen LogP contribution in [0.1, 0.15) is 29.8 Å². The molecule has 0 aromatic heterocycles. The summed E-state index contributed by atoms with van der Waals surface area (Å²) in [4.78, 5) is 31.1. The van der Waals surface area contributed by atoms with Gasteiger partial charge in [0.25, 0.3) is 5.91 Å². The first-order valence-electron chi connectivity index (χ1n) is 9.51. The summed E-state index contributed by atoms with van der Waals surface area (Å²) in [6.07, 6.45) is 1.74. The first-order valence-corrected chi connectivity index (χ1v) is 11.1. The Labute approximate surface area is 192 Å². The smallest absolute Gasteiger partial charge is 0.337 e. The van der Waals surface area contributed by atoms with Crippen molar-refractivity contribution in [3.05, 3.63) is 56.9 Å². The van der Waals surface area contributed by atoms with Crippen molar-refractivity contribution in [2.75, 3.05) is 20.3 Å². The summed E-state index contributed by atoms with van der Waals surface area (Å²) in [5, 5.41) is 10.6. The summed E-state index contributed by atoms with van der Waals surface area (Å²) in [5.41, 5.74) is 1.76. The van der Waals surface area contributed by atoms with Crippen LogP contribution in [0.3, 0.4) is 0 Å². The maximum Gasteiger partial charge on any atom is 0.337 e. The first kappa shape index (κ1) is 22.9. The number of halogens is 1. The van der Waals surface area contributed by atoms with Crippen LogP contribution >= 0.6 is 27.7 Å². The Morgan fingerprint density at radius 3 is 2.58 bits per heavy atom. The van der Waals surface area contributed by atoms with Crippen molar-refractivity contribution >= 4 is 56.5 Å². The summed E-state index contributed by atoms with van der Waals surface area (Å²) in [6, 6.07) is 10.1. The Morgan fingerprint density at radius 1 is 1.26 bits per heavy atom. The highest BCUT2D eigenvalue weighted by molar-refractivity contribution is 9.10. The zero-order chi connectivity index (χ0) is 22.5. The first-order chi connectivity index (χ1) is 14.9. The minimum absolute atomic E-state index is 0.0160. The zero-order valence-corrected chi connectivity index (χ0v) is 19.6. The third kappa shape index (κ3) is 5.11. The van der Waals surface area contributed by atoms with Crippen LogP contribution in [0.25, 0.3) is 6.08 Å². The molecule has 9 heteroatoms. The van der Waals surface area contributed by atoms with Crippen molar-refractivity contribution in [2.45, 2.75) is 13.8 Å². The van der Waals surface area contributed by atoms with Crippen molar-refractivity contribution in [1.82, 2.24) is 4.90 Å². The van der Waals surface area contributed by atoms with Gasteiger partial charge in [0.15, 0.2) is 16.7 Å². The van der Waals surface area contributed by atoms with Crippen molar-refractivity contribution in [3.63, 3.8) is 0 Å². The molecular formula is C22H21BrN2O5S. The van der Waals surface area contributed by atoms with Crippen molar-refractivity contribution in [2.24, 2.45) is 4.99 Å². The predicted octanol–water partition coefficient (Wildman–Crippen LogP) is 4.96. The molecule has 1 aliphatic rings. The van der Waals surface area contributed by atoms with E-state index in [0.717, 1.165) is 0 Å². The molecule has 1 N–H and O–H groups in total. The predicted molar refractivity (Wildman–Crippen MR) is 125 cm³/mol. The maximum atomic E-state index is 12.9. The van der Waals surface area contributed by atoms with Crippen molar-refractivity contribution < 1.29 is 24.2 Å². The number of rotatable bonds is 6. The van der Waals surface area contributed by atoms with Crippen LogP contribution in [0.4, 0.5) is 5.69 Å². The number of benzene rings is 2. The quantitative estimate of drug-likeness (QED) is 0.441. The van der Waals surface area contributed by atoms with Crippen molar-refractivity contribution in [3.8, 4) is 11.5 Å². The molecular weight excluding hydrogens is 484 g/mol. The number of hydrogen-bond acceptors (Lipinski definition) is 7. The molecule has 0 unspecified atom stereocenters. The van der Waals surface area contributed by atoms with Gasteiger partial charge in [-0.3, -0.25) is 9.69 Å². The summed E-state index contributed by atoms with van der Waals surface area (Å²) in [6.45, 7) is 4.57. The van der Waals surface area contributed by atoms with E-state index < -0.39 is 5.97 Å². The number of carbonyl (C=O) groups is 2. The van der Waals surface area contributed by atoms with E-state index in [1.807, 2.05) is 13.8 Å². The van der Waals surface area contributed by atoms with E-state index >= 15 is 0 Å². The molecule has 1 heterocycles. The number of methoxy groups -OCH3 is 1. The minimum Gasteiger partial charge on any atom is -0.503 e. The summed E-state index contributed by atoms with van der Waals surface area (Å²) < 4.78 is 10.6. The van der Waals surface area contributed by atoms with Crippen LogP contribution in [-0.4, -0.2) is 47.3 Å². The summed E-state index contributed by atoms with van der Waals surface area (Å²) >= 11 is 4.58. The zero-order valence-electron chi connectivity index (χ0n) is 17.2. The second kappa shape index (κ2) is 10.0. The lowest BCUT2D eigenvalue weighted by atomic mass is 10.2. The number of nitrogens with zero attached hydrogens (tertiary/aromatic N) is 2. The number of phenolic OH excluding ortho intramolecular Hbond substituents is 1. The van der Waals surface area contributed by atoms with Gasteiger partial charge in [0, 0.05) is 6.54 Å². The molecule has 3 rings (SSSR count). The Bertz CT molecular complexity index is 1070. The van der Waals surface area contributed by atoms with Gasteiger partial charge in [-0.15, -0.1) is 0 Å². The second-order valence-electron chi connectivity index (χ2n) is 6.38. The average Bonchev–Trinajstić information content (AvgIpc) is 3.05. The van der Waals surface area contributed by atoms with E-state index in [2.05, 4.69) is 20.9 Å². The number of esters is 1. The molecule has 0 spiro atoms. The Hall–Kier alpha value is -2.78. The number of ether oxygens (including phenoxy) is 2. The Balaban J connectivity index is 1.91. The number of thioether (sulfide) groups is 1. The number of likely N-dealkylation sites (N-methyl/N-ethyl adjacent to an activating group) is 1. The third-order valence-electron chi connectivity index (χ3n) is 4.37. The van der Waals surface area contributed by atoms with E-state index in [9.17, 15) is 14.7 Å². The summed E-state index contributed by atoms with van der Waals surface area (Å²) in [7, 11) is 1.33. The monoisotopic (exact) mass is 504 g/mol. The highest BCUT2D eigenvalue weighted by Crippen LogP contribution is 2.38. The lowest BCUT2D eigenvalue weighted by molar-refractivity contribution is -0.122. The number of amides is 1. The topological polar surface area (TPSA) is 88.4 Å². The Morgan fingerprint density at radius 2 is 1.97 bits per heavy atom. The number of carbonyl (C=O) groups excluding carboxylic acids is 2. The molecule has 7 nitrogen and oxygen atoms in total. The number of aromatic hydroxyl groups is 1.